The van der Waals surface area contributed by atoms with E-state index in [1.165, 1.54) is 28.8 Å². The fraction of sp³-hybridized carbons (Fsp3) is 0.227. The molecule has 7 nitrogen and oxygen atoms in total. The highest BCUT2D eigenvalue weighted by Crippen LogP contribution is 2.32. The molecule has 0 atom stereocenters. The Bertz CT molecular complexity index is 1190. The number of nitrogens with zero attached hydrogens (tertiary/aromatic N) is 1. The number of benzene rings is 2. The Kier molecular flexibility index (Phi) is 6.33. The summed E-state index contributed by atoms with van der Waals surface area (Å²) in [4.78, 5) is 35.7. The number of phenolic OH excluding ortho intramolecular Hbond substituents is 1. The number of nitrogens with one attached hydrogen (secondary N) is 1. The highest BCUT2D eigenvalue weighted by atomic mass is 19.1. The number of phenols is 1. The molecule has 0 unspecified atom stereocenters. The van der Waals surface area contributed by atoms with E-state index in [0.29, 0.717) is 16.6 Å². The van der Waals surface area contributed by atoms with Crippen molar-refractivity contribution in [1.82, 2.24) is 9.88 Å². The number of rotatable bonds is 7. The summed E-state index contributed by atoms with van der Waals surface area (Å²) in [6, 6.07) is 7.29. The molecule has 9 heteroatoms. The van der Waals surface area contributed by atoms with Gasteiger partial charge in [0.05, 0.1) is 11.9 Å². The van der Waals surface area contributed by atoms with Crippen molar-refractivity contribution in [2.24, 2.45) is 0 Å². The van der Waals surface area contributed by atoms with Crippen molar-refractivity contribution in [3.05, 3.63) is 64.9 Å². The first kappa shape index (κ1) is 21.9. The molecule has 0 fully saturated rings. The molecule has 0 aliphatic carbocycles. The van der Waals surface area contributed by atoms with Crippen molar-refractivity contribution in [3.8, 4) is 5.75 Å². The number of hydrogen-bond donors (Lipinski definition) is 3. The van der Waals surface area contributed by atoms with Crippen LogP contribution in [0.3, 0.4) is 0 Å². The summed E-state index contributed by atoms with van der Waals surface area (Å²) in [6.45, 7) is 1.60. The maximum absolute atomic E-state index is 14.1. The summed E-state index contributed by atoms with van der Waals surface area (Å²) < 4.78 is 28.9. The minimum Gasteiger partial charge on any atom is -0.505 e. The van der Waals surface area contributed by atoms with E-state index in [1.54, 1.807) is 6.92 Å². The Morgan fingerprint density at radius 3 is 2.52 bits per heavy atom. The number of aromatic hydroxyl groups is 1. The number of hydrogen-bond acceptors (Lipinski definition) is 4. The topological polar surface area (TPSA) is 109 Å². The molecule has 1 heterocycles. The summed E-state index contributed by atoms with van der Waals surface area (Å²) in [7, 11) is 0. The zero-order chi connectivity index (χ0) is 22.7. The lowest BCUT2D eigenvalue weighted by Gasteiger charge is -2.08. The van der Waals surface area contributed by atoms with Crippen molar-refractivity contribution >= 4 is 28.7 Å². The third kappa shape index (κ3) is 4.71. The van der Waals surface area contributed by atoms with Crippen LogP contribution in [0.4, 0.5) is 8.78 Å². The van der Waals surface area contributed by atoms with Gasteiger partial charge in [-0.05, 0) is 43.2 Å². The molecule has 0 spiro atoms. The second kappa shape index (κ2) is 8.95. The Hall–Kier alpha value is -3.75. The van der Waals surface area contributed by atoms with Gasteiger partial charge >= 0.3 is 5.97 Å². The second-order valence-corrected chi connectivity index (χ2v) is 7.03. The summed E-state index contributed by atoms with van der Waals surface area (Å²) in [5.41, 5.74) is 1.21. The molecule has 0 bridgehead atoms. The van der Waals surface area contributed by atoms with Gasteiger partial charge in [0.25, 0.3) is 5.91 Å². The molecule has 0 aliphatic rings. The molecule has 3 rings (SSSR count). The van der Waals surface area contributed by atoms with Gasteiger partial charge in [-0.1, -0.05) is 6.07 Å². The monoisotopic (exact) mass is 430 g/mol. The Morgan fingerprint density at radius 2 is 1.84 bits per heavy atom. The third-order valence-electron chi connectivity index (χ3n) is 4.94. The number of carboxylic acids is 1. The molecule has 0 saturated heterocycles. The van der Waals surface area contributed by atoms with E-state index >= 15 is 0 Å². The standard InChI is InChI=1S/C22H20F2N2O5/c1-12-15(5-6-20(28)25-8-7-21(29)30)16-10-19(27)17(24)11-18(16)26(12)22(31)13-3-2-4-14(23)9-13/h2-4,9-11,27H,5-8H2,1H3,(H,25,28)(H,29,30). The average Bonchev–Trinajstić information content (AvgIpc) is 2.96. The van der Waals surface area contributed by atoms with E-state index < -0.39 is 29.3 Å². The van der Waals surface area contributed by atoms with Crippen LogP contribution in [0.1, 0.15) is 34.5 Å². The number of aliphatic carboxylic acids is 1. The highest BCUT2D eigenvalue weighted by molar-refractivity contribution is 6.04. The predicted molar refractivity (Wildman–Crippen MR) is 108 cm³/mol. The molecular weight excluding hydrogens is 410 g/mol. The van der Waals surface area contributed by atoms with Crippen LogP contribution in [0.25, 0.3) is 10.9 Å². The van der Waals surface area contributed by atoms with Gasteiger partial charge in [0, 0.05) is 35.7 Å². The molecule has 1 amide bonds. The van der Waals surface area contributed by atoms with Gasteiger partial charge < -0.3 is 15.5 Å². The summed E-state index contributed by atoms with van der Waals surface area (Å²) in [5, 5.41) is 21.3. The molecule has 3 aromatic rings. The van der Waals surface area contributed by atoms with E-state index in [-0.39, 0.29) is 42.8 Å². The molecule has 0 aliphatic heterocycles. The maximum Gasteiger partial charge on any atom is 0.305 e. The normalized spacial score (nSPS) is 10.9. The van der Waals surface area contributed by atoms with E-state index in [0.717, 1.165) is 12.1 Å². The van der Waals surface area contributed by atoms with Crippen molar-refractivity contribution in [2.45, 2.75) is 26.2 Å². The Balaban J connectivity index is 1.97. The molecular formula is C22H20F2N2O5. The summed E-state index contributed by atoms with van der Waals surface area (Å²) in [6.07, 6.45) is -0.0546. The smallest absolute Gasteiger partial charge is 0.305 e. The van der Waals surface area contributed by atoms with E-state index in [2.05, 4.69) is 5.32 Å². The number of carboxylic acid groups (broad SMARTS) is 1. The van der Waals surface area contributed by atoms with Crippen LogP contribution in [0.5, 0.6) is 5.75 Å². The SMILES string of the molecule is Cc1c(CCC(=O)NCCC(=O)O)c2cc(O)c(F)cc2n1C(=O)c1cccc(F)c1. The van der Waals surface area contributed by atoms with Gasteiger partial charge in [-0.15, -0.1) is 0 Å². The number of carbonyl (C=O) groups is 3. The lowest BCUT2D eigenvalue weighted by atomic mass is 10.1. The zero-order valence-electron chi connectivity index (χ0n) is 16.6. The van der Waals surface area contributed by atoms with Crippen LogP contribution >= 0.6 is 0 Å². The van der Waals surface area contributed by atoms with Gasteiger partial charge in [0.15, 0.2) is 11.6 Å². The lowest BCUT2D eigenvalue weighted by molar-refractivity contribution is -0.136. The molecule has 31 heavy (non-hydrogen) atoms. The van der Waals surface area contributed by atoms with Gasteiger partial charge in [0.1, 0.15) is 5.82 Å². The van der Waals surface area contributed by atoms with Gasteiger partial charge in [-0.25, -0.2) is 8.78 Å². The molecule has 162 valence electrons. The van der Waals surface area contributed by atoms with E-state index in [1.807, 2.05) is 0 Å². The number of carbonyl (C=O) groups excluding carboxylic acids is 2. The zero-order valence-corrected chi connectivity index (χ0v) is 16.6. The third-order valence-corrected chi connectivity index (χ3v) is 4.94. The molecule has 1 aromatic heterocycles. The largest absolute Gasteiger partial charge is 0.505 e. The number of fused-ring (bicyclic) bond motifs is 1. The van der Waals surface area contributed by atoms with Crippen LogP contribution in [-0.2, 0) is 16.0 Å². The minimum absolute atomic E-state index is 0.00807. The Labute approximate surface area is 175 Å². The fourth-order valence-electron chi connectivity index (χ4n) is 3.45. The van der Waals surface area contributed by atoms with Crippen molar-refractivity contribution in [1.29, 1.82) is 0 Å². The lowest BCUT2D eigenvalue weighted by Crippen LogP contribution is -2.26. The van der Waals surface area contributed by atoms with Crippen molar-refractivity contribution in [3.63, 3.8) is 0 Å². The first-order valence-corrected chi connectivity index (χ1v) is 9.50. The molecule has 0 saturated carbocycles. The van der Waals surface area contributed by atoms with Crippen molar-refractivity contribution in [2.75, 3.05) is 6.54 Å². The van der Waals surface area contributed by atoms with Gasteiger partial charge in [-0.3, -0.25) is 19.0 Å². The predicted octanol–water partition coefficient (Wildman–Crippen LogP) is 3.15. The second-order valence-electron chi connectivity index (χ2n) is 7.03. The first-order valence-electron chi connectivity index (χ1n) is 9.50. The van der Waals surface area contributed by atoms with Crippen LogP contribution in [0.2, 0.25) is 0 Å². The van der Waals surface area contributed by atoms with E-state index in [4.69, 9.17) is 5.11 Å². The van der Waals surface area contributed by atoms with Crippen LogP contribution < -0.4 is 5.32 Å². The minimum atomic E-state index is -1.03. The van der Waals surface area contributed by atoms with Crippen molar-refractivity contribution < 1.29 is 33.4 Å². The first-order chi connectivity index (χ1) is 14.7. The number of aromatic nitrogens is 1. The van der Waals surface area contributed by atoms with Crippen LogP contribution in [0.15, 0.2) is 36.4 Å². The molecule has 3 N–H and O–H groups in total. The summed E-state index contributed by atoms with van der Waals surface area (Å²) in [5.74, 6) is -4.12. The number of halogens is 2. The maximum atomic E-state index is 14.1. The Morgan fingerprint density at radius 1 is 1.10 bits per heavy atom. The van der Waals surface area contributed by atoms with Crippen LogP contribution in [0, 0.1) is 18.6 Å². The van der Waals surface area contributed by atoms with Gasteiger partial charge in [-0.2, -0.15) is 0 Å². The molecule has 2 aromatic carbocycles. The van der Waals surface area contributed by atoms with E-state index in [9.17, 15) is 28.3 Å². The number of amides is 1. The van der Waals surface area contributed by atoms with Gasteiger partial charge in [0.2, 0.25) is 5.91 Å². The average molecular weight is 430 g/mol. The quantitative estimate of drug-likeness (QED) is 0.534. The fourth-order valence-corrected chi connectivity index (χ4v) is 3.45. The number of aryl methyl sites for hydroxylation is 1. The van der Waals surface area contributed by atoms with Crippen LogP contribution in [-0.4, -0.2) is 39.1 Å². The molecule has 0 radical (unpaired) electrons. The summed E-state index contributed by atoms with van der Waals surface area (Å²) >= 11 is 0. The highest BCUT2D eigenvalue weighted by Gasteiger charge is 2.22.